The zero-order chi connectivity index (χ0) is 20.8. The molecule has 3 aromatic rings. The molecule has 9 heteroatoms. The fraction of sp³-hybridized carbons (Fsp3) is 0.150. The second kappa shape index (κ2) is 7.25. The van der Waals surface area contributed by atoms with Crippen molar-refractivity contribution in [2.75, 3.05) is 11.9 Å². The Morgan fingerprint density at radius 3 is 2.48 bits per heavy atom. The van der Waals surface area contributed by atoms with E-state index in [0.29, 0.717) is 16.9 Å². The SMILES string of the molecule is Cc1[nH]n(-c2ccc(S(=O)(=O)O)cc2)c(=O)c1/C=C\C1Sc2ccccc2N1C. The first-order valence-corrected chi connectivity index (χ1v) is 11.1. The summed E-state index contributed by atoms with van der Waals surface area (Å²) in [5.74, 6) is 0. The van der Waals surface area contributed by atoms with Gasteiger partial charge in [0.15, 0.2) is 0 Å². The van der Waals surface area contributed by atoms with Crippen LogP contribution in [0.15, 0.2) is 69.2 Å². The largest absolute Gasteiger partial charge is 0.358 e. The Hall–Kier alpha value is -2.75. The number of H-pyrrole nitrogens is 1. The van der Waals surface area contributed by atoms with E-state index in [-0.39, 0.29) is 15.8 Å². The number of nitrogens with one attached hydrogen (secondary N) is 1. The van der Waals surface area contributed by atoms with Crippen molar-refractivity contribution in [3.05, 3.63) is 76.2 Å². The first-order chi connectivity index (χ1) is 13.8. The molecule has 1 aliphatic rings. The molecule has 1 aromatic heterocycles. The molecule has 0 spiro atoms. The van der Waals surface area contributed by atoms with E-state index in [9.17, 15) is 13.2 Å². The Labute approximate surface area is 172 Å². The molecule has 2 heterocycles. The van der Waals surface area contributed by atoms with Gasteiger partial charge in [-0.2, -0.15) is 8.42 Å². The number of hydrogen-bond acceptors (Lipinski definition) is 5. The van der Waals surface area contributed by atoms with Crippen molar-refractivity contribution in [3.8, 4) is 5.69 Å². The fourth-order valence-corrected chi connectivity index (χ4v) is 4.91. The maximum Gasteiger partial charge on any atom is 0.294 e. The van der Waals surface area contributed by atoms with E-state index >= 15 is 0 Å². The quantitative estimate of drug-likeness (QED) is 0.618. The number of nitrogens with zero attached hydrogens (tertiary/aromatic N) is 2. The molecule has 4 rings (SSSR count). The number of aromatic amines is 1. The second-order valence-corrected chi connectivity index (χ2v) is 9.29. The Kier molecular flexibility index (Phi) is 4.89. The maximum absolute atomic E-state index is 12.9. The summed E-state index contributed by atoms with van der Waals surface area (Å²) in [5.41, 5.74) is 2.64. The molecule has 1 atom stereocenters. The lowest BCUT2D eigenvalue weighted by molar-refractivity contribution is 0.483. The van der Waals surface area contributed by atoms with Crippen LogP contribution in [0.25, 0.3) is 11.8 Å². The van der Waals surface area contributed by atoms with Crippen LogP contribution in [0.5, 0.6) is 0 Å². The average Bonchev–Trinajstić information content (AvgIpc) is 3.16. The monoisotopic (exact) mass is 429 g/mol. The molecule has 0 radical (unpaired) electrons. The predicted octanol–water partition coefficient (Wildman–Crippen LogP) is 3.30. The third-order valence-electron chi connectivity index (χ3n) is 4.81. The van der Waals surface area contributed by atoms with Crippen LogP contribution in [0.4, 0.5) is 5.69 Å². The Bertz CT molecular complexity index is 1260. The number of para-hydroxylation sites is 1. The van der Waals surface area contributed by atoms with Crippen molar-refractivity contribution in [1.82, 2.24) is 9.78 Å². The average molecular weight is 430 g/mol. The Morgan fingerprint density at radius 1 is 1.14 bits per heavy atom. The minimum Gasteiger partial charge on any atom is -0.358 e. The highest BCUT2D eigenvalue weighted by Crippen LogP contribution is 2.42. The minimum absolute atomic E-state index is 0.0867. The van der Waals surface area contributed by atoms with E-state index < -0.39 is 10.1 Å². The molecule has 1 unspecified atom stereocenters. The van der Waals surface area contributed by atoms with Gasteiger partial charge < -0.3 is 4.90 Å². The van der Waals surface area contributed by atoms with Gasteiger partial charge in [0.1, 0.15) is 0 Å². The highest BCUT2D eigenvalue weighted by atomic mass is 32.2. The van der Waals surface area contributed by atoms with Crippen molar-refractivity contribution in [3.63, 3.8) is 0 Å². The van der Waals surface area contributed by atoms with E-state index in [1.165, 1.54) is 33.8 Å². The first-order valence-electron chi connectivity index (χ1n) is 8.82. The normalized spacial score (nSPS) is 16.5. The van der Waals surface area contributed by atoms with Gasteiger partial charge in [-0.3, -0.25) is 14.4 Å². The van der Waals surface area contributed by atoms with Gasteiger partial charge >= 0.3 is 0 Å². The number of anilines is 1. The summed E-state index contributed by atoms with van der Waals surface area (Å²) in [6, 6.07) is 13.6. The van der Waals surface area contributed by atoms with Crippen LogP contribution in [0, 0.1) is 6.92 Å². The summed E-state index contributed by atoms with van der Waals surface area (Å²) in [5, 5.41) is 3.10. The molecule has 0 amide bonds. The van der Waals surface area contributed by atoms with E-state index in [1.54, 1.807) is 11.8 Å². The van der Waals surface area contributed by atoms with E-state index in [1.807, 2.05) is 38.3 Å². The van der Waals surface area contributed by atoms with Gasteiger partial charge in [0.25, 0.3) is 15.7 Å². The number of benzene rings is 2. The number of aromatic nitrogens is 2. The van der Waals surface area contributed by atoms with Gasteiger partial charge in [-0.15, -0.1) is 0 Å². The second-order valence-electron chi connectivity index (χ2n) is 6.71. The molecule has 0 bridgehead atoms. The minimum atomic E-state index is -4.28. The lowest BCUT2D eigenvalue weighted by Gasteiger charge is -2.17. The fourth-order valence-electron chi connectivity index (χ4n) is 3.25. The molecule has 0 aliphatic carbocycles. The van der Waals surface area contributed by atoms with Crippen molar-refractivity contribution in [1.29, 1.82) is 0 Å². The summed E-state index contributed by atoms with van der Waals surface area (Å²) in [4.78, 5) is 16.0. The third-order valence-corrected chi connectivity index (χ3v) is 6.99. The zero-order valence-electron chi connectivity index (χ0n) is 15.7. The Morgan fingerprint density at radius 2 is 1.83 bits per heavy atom. The molecule has 0 fully saturated rings. The number of aryl methyl sites for hydroxylation is 1. The van der Waals surface area contributed by atoms with Crippen LogP contribution in [0.1, 0.15) is 11.3 Å². The van der Waals surface area contributed by atoms with Gasteiger partial charge in [-0.05, 0) is 49.4 Å². The molecule has 0 saturated heterocycles. The summed E-state index contributed by atoms with van der Waals surface area (Å²) in [6.07, 6.45) is 3.81. The van der Waals surface area contributed by atoms with Crippen molar-refractivity contribution in [2.45, 2.75) is 22.1 Å². The van der Waals surface area contributed by atoms with Gasteiger partial charge in [0.2, 0.25) is 0 Å². The van der Waals surface area contributed by atoms with E-state index in [0.717, 1.165) is 5.69 Å². The van der Waals surface area contributed by atoms with Crippen LogP contribution >= 0.6 is 11.8 Å². The summed E-state index contributed by atoms with van der Waals surface area (Å²) in [7, 11) is -2.26. The van der Waals surface area contributed by atoms with Crippen molar-refractivity contribution in [2.24, 2.45) is 0 Å². The molecular formula is C20H19N3O4S2. The number of rotatable bonds is 4. The van der Waals surface area contributed by atoms with Crippen LogP contribution < -0.4 is 10.5 Å². The maximum atomic E-state index is 12.9. The van der Waals surface area contributed by atoms with Crippen molar-refractivity contribution >= 4 is 33.6 Å². The molecule has 1 aliphatic heterocycles. The van der Waals surface area contributed by atoms with Crippen LogP contribution in [-0.2, 0) is 10.1 Å². The summed E-state index contributed by atoms with van der Waals surface area (Å²) in [6.45, 7) is 1.81. The van der Waals surface area contributed by atoms with Crippen LogP contribution in [-0.4, -0.2) is 35.2 Å². The smallest absolute Gasteiger partial charge is 0.294 e. The topological polar surface area (TPSA) is 95.4 Å². The number of hydrogen-bond donors (Lipinski definition) is 2. The van der Waals surface area contributed by atoms with Gasteiger partial charge in [0.05, 0.1) is 27.2 Å². The van der Waals surface area contributed by atoms with Crippen molar-refractivity contribution < 1.29 is 13.0 Å². The highest BCUT2D eigenvalue weighted by molar-refractivity contribution is 8.00. The molecule has 2 aromatic carbocycles. The number of thioether (sulfide) groups is 1. The third kappa shape index (κ3) is 3.64. The predicted molar refractivity (Wildman–Crippen MR) is 114 cm³/mol. The van der Waals surface area contributed by atoms with Crippen LogP contribution in [0.3, 0.4) is 0 Å². The molecule has 2 N–H and O–H groups in total. The van der Waals surface area contributed by atoms with Gasteiger partial charge in [0, 0.05) is 17.6 Å². The lowest BCUT2D eigenvalue weighted by atomic mass is 10.2. The van der Waals surface area contributed by atoms with E-state index in [2.05, 4.69) is 22.1 Å². The van der Waals surface area contributed by atoms with Gasteiger partial charge in [-0.1, -0.05) is 30.0 Å². The van der Waals surface area contributed by atoms with Gasteiger partial charge in [-0.25, -0.2) is 4.68 Å². The molecular weight excluding hydrogens is 410 g/mol. The first kappa shape index (κ1) is 19.6. The molecule has 150 valence electrons. The number of fused-ring (bicyclic) bond motifs is 1. The Balaban J connectivity index is 1.62. The zero-order valence-corrected chi connectivity index (χ0v) is 17.4. The lowest BCUT2D eigenvalue weighted by Crippen LogP contribution is -2.22. The summed E-state index contributed by atoms with van der Waals surface area (Å²) >= 11 is 1.72. The molecule has 29 heavy (non-hydrogen) atoms. The highest BCUT2D eigenvalue weighted by Gasteiger charge is 2.24. The molecule has 0 saturated carbocycles. The van der Waals surface area contributed by atoms with Crippen LogP contribution in [0.2, 0.25) is 0 Å². The van der Waals surface area contributed by atoms with E-state index in [4.69, 9.17) is 4.55 Å². The molecule has 7 nitrogen and oxygen atoms in total. The standard InChI is InChI=1S/C20H19N3O4S2/c1-13-16(11-12-19-22(2)17-5-3-4-6-18(17)28-19)20(24)23(21-13)14-7-9-15(10-8-14)29(25,26)27/h3-12,19,21H,1-2H3,(H,25,26,27)/b12-11-. The number of likely N-dealkylation sites (N-methyl/N-ethyl adjacent to an activating group) is 1. The summed E-state index contributed by atoms with van der Waals surface area (Å²) < 4.78 is 32.8.